The molecule has 0 saturated carbocycles. The van der Waals surface area contributed by atoms with Gasteiger partial charge in [-0.1, -0.05) is 18.9 Å². The van der Waals surface area contributed by atoms with E-state index in [9.17, 15) is 19.5 Å². The van der Waals surface area contributed by atoms with Gasteiger partial charge in [-0.15, -0.1) is 0 Å². The summed E-state index contributed by atoms with van der Waals surface area (Å²) in [6.07, 6.45) is -1.02. The Kier molecular flexibility index (Phi) is 5.86. The van der Waals surface area contributed by atoms with Crippen LogP contribution in [0.1, 0.15) is 47.0 Å². The molecule has 0 spiro atoms. The van der Waals surface area contributed by atoms with Crippen LogP contribution in [0.15, 0.2) is 0 Å². The number of hydroxylamine groups is 2. The van der Waals surface area contributed by atoms with E-state index in [1.807, 2.05) is 0 Å². The predicted octanol–water partition coefficient (Wildman–Crippen LogP) is 0.796. The molecule has 1 rings (SSSR count). The molecule has 1 unspecified atom stereocenters. The SMILES string of the molecule is CC(C)CCOC(C)(C)CC(=O)ON1C(=O)CC(O)C1=O. The number of ether oxygens (including phenoxy) is 1. The third-order valence-corrected chi connectivity index (χ3v) is 3.03. The Morgan fingerprint density at radius 2 is 2.05 bits per heavy atom. The van der Waals surface area contributed by atoms with Gasteiger partial charge in [-0.05, 0) is 26.2 Å². The Morgan fingerprint density at radius 3 is 2.52 bits per heavy atom. The van der Waals surface area contributed by atoms with Gasteiger partial charge in [0.25, 0.3) is 11.8 Å². The molecule has 1 N–H and O–H groups in total. The minimum atomic E-state index is -1.43. The molecule has 0 radical (unpaired) electrons. The molecule has 0 aromatic carbocycles. The van der Waals surface area contributed by atoms with Gasteiger partial charge in [0.2, 0.25) is 0 Å². The van der Waals surface area contributed by atoms with Crippen molar-refractivity contribution < 1.29 is 29.1 Å². The zero-order valence-electron chi connectivity index (χ0n) is 12.9. The molecule has 1 fully saturated rings. The molecule has 120 valence electrons. The molecular formula is C14H23NO6. The Labute approximate surface area is 124 Å². The molecule has 1 heterocycles. The highest BCUT2D eigenvalue weighted by molar-refractivity contribution is 6.04. The average Bonchev–Trinajstić information content (AvgIpc) is 2.54. The lowest BCUT2D eigenvalue weighted by molar-refractivity contribution is -0.202. The first kappa shape index (κ1) is 17.6. The van der Waals surface area contributed by atoms with E-state index in [0.717, 1.165) is 6.42 Å². The van der Waals surface area contributed by atoms with Crippen molar-refractivity contribution in [3.8, 4) is 0 Å². The summed E-state index contributed by atoms with van der Waals surface area (Å²) < 4.78 is 5.61. The number of hydrogen-bond donors (Lipinski definition) is 1. The van der Waals surface area contributed by atoms with Gasteiger partial charge >= 0.3 is 5.97 Å². The lowest BCUT2D eigenvalue weighted by Gasteiger charge is -2.25. The molecule has 0 aromatic heterocycles. The summed E-state index contributed by atoms with van der Waals surface area (Å²) in [5.74, 6) is -1.89. The van der Waals surface area contributed by atoms with Crippen LogP contribution in [0.3, 0.4) is 0 Å². The van der Waals surface area contributed by atoms with E-state index in [1.165, 1.54) is 0 Å². The molecule has 0 aromatic rings. The van der Waals surface area contributed by atoms with Crippen LogP contribution < -0.4 is 0 Å². The molecule has 2 amide bonds. The van der Waals surface area contributed by atoms with Crippen LogP contribution in [0.2, 0.25) is 0 Å². The number of carbonyl (C=O) groups is 3. The number of imide groups is 1. The smallest absolute Gasteiger partial charge is 0.336 e. The molecule has 1 saturated heterocycles. The number of aliphatic hydroxyl groups is 1. The lowest BCUT2D eigenvalue weighted by atomic mass is 10.1. The van der Waals surface area contributed by atoms with E-state index >= 15 is 0 Å². The molecule has 1 aliphatic rings. The quantitative estimate of drug-likeness (QED) is 0.699. The van der Waals surface area contributed by atoms with Crippen LogP contribution in [-0.2, 0) is 24.0 Å². The fourth-order valence-electron chi connectivity index (χ4n) is 1.79. The van der Waals surface area contributed by atoms with Gasteiger partial charge in [0.05, 0.1) is 18.4 Å². The van der Waals surface area contributed by atoms with Crippen LogP contribution in [0.25, 0.3) is 0 Å². The van der Waals surface area contributed by atoms with E-state index in [0.29, 0.717) is 17.6 Å². The maximum Gasteiger partial charge on any atom is 0.336 e. The molecule has 21 heavy (non-hydrogen) atoms. The maximum absolute atomic E-state index is 11.8. The number of amides is 2. The van der Waals surface area contributed by atoms with Crippen molar-refractivity contribution in [1.29, 1.82) is 0 Å². The Balaban J connectivity index is 2.45. The van der Waals surface area contributed by atoms with Crippen LogP contribution in [-0.4, -0.2) is 46.3 Å². The Bertz CT molecular complexity index is 418. The first-order valence-corrected chi connectivity index (χ1v) is 7.02. The predicted molar refractivity (Wildman–Crippen MR) is 72.7 cm³/mol. The largest absolute Gasteiger partial charge is 0.383 e. The van der Waals surface area contributed by atoms with Gasteiger partial charge in [0.1, 0.15) is 6.10 Å². The third kappa shape index (κ3) is 5.43. The van der Waals surface area contributed by atoms with Gasteiger partial charge in [0, 0.05) is 6.61 Å². The summed E-state index contributed by atoms with van der Waals surface area (Å²) >= 11 is 0. The van der Waals surface area contributed by atoms with Crippen LogP contribution in [0.4, 0.5) is 0 Å². The fraction of sp³-hybridized carbons (Fsp3) is 0.786. The number of nitrogens with zero attached hydrogens (tertiary/aromatic N) is 1. The number of carbonyl (C=O) groups excluding carboxylic acids is 3. The van der Waals surface area contributed by atoms with E-state index < -0.39 is 29.5 Å². The third-order valence-electron chi connectivity index (χ3n) is 3.03. The Morgan fingerprint density at radius 1 is 1.43 bits per heavy atom. The molecule has 1 atom stereocenters. The summed E-state index contributed by atoms with van der Waals surface area (Å²) in [7, 11) is 0. The lowest BCUT2D eigenvalue weighted by Crippen LogP contribution is -2.37. The van der Waals surface area contributed by atoms with Crippen molar-refractivity contribution in [2.45, 2.75) is 58.7 Å². The van der Waals surface area contributed by atoms with Gasteiger partial charge in [0.15, 0.2) is 0 Å². The Hall–Kier alpha value is -1.47. The second-order valence-corrected chi connectivity index (χ2v) is 6.18. The molecule has 0 bridgehead atoms. The first-order valence-electron chi connectivity index (χ1n) is 7.02. The van der Waals surface area contributed by atoms with Crippen molar-refractivity contribution in [1.82, 2.24) is 5.06 Å². The second-order valence-electron chi connectivity index (χ2n) is 6.18. The van der Waals surface area contributed by atoms with Crippen molar-refractivity contribution in [3.05, 3.63) is 0 Å². The molecular weight excluding hydrogens is 278 g/mol. The molecule has 7 nitrogen and oxygen atoms in total. The highest BCUT2D eigenvalue weighted by Crippen LogP contribution is 2.19. The van der Waals surface area contributed by atoms with E-state index in [1.54, 1.807) is 13.8 Å². The maximum atomic E-state index is 11.8. The summed E-state index contributed by atoms with van der Waals surface area (Å²) in [6, 6.07) is 0. The minimum absolute atomic E-state index is 0.0990. The fourth-order valence-corrected chi connectivity index (χ4v) is 1.79. The average molecular weight is 301 g/mol. The molecule has 7 heteroatoms. The van der Waals surface area contributed by atoms with Gasteiger partial charge in [-0.2, -0.15) is 0 Å². The van der Waals surface area contributed by atoms with Crippen molar-refractivity contribution >= 4 is 17.8 Å². The highest BCUT2D eigenvalue weighted by atomic mass is 16.7. The number of aliphatic hydroxyl groups excluding tert-OH is 1. The summed E-state index contributed by atoms with van der Waals surface area (Å²) in [4.78, 5) is 39.3. The van der Waals surface area contributed by atoms with Gasteiger partial charge < -0.3 is 14.7 Å². The number of rotatable bonds is 7. The van der Waals surface area contributed by atoms with E-state index in [2.05, 4.69) is 13.8 Å². The summed E-state index contributed by atoms with van der Waals surface area (Å²) in [5, 5.41) is 9.55. The highest BCUT2D eigenvalue weighted by Gasteiger charge is 2.41. The van der Waals surface area contributed by atoms with Crippen LogP contribution >= 0.6 is 0 Å². The summed E-state index contributed by atoms with van der Waals surface area (Å²) in [6.45, 7) is 8.12. The van der Waals surface area contributed by atoms with E-state index in [-0.39, 0.29) is 12.8 Å². The minimum Gasteiger partial charge on any atom is -0.383 e. The second kappa shape index (κ2) is 7.00. The van der Waals surface area contributed by atoms with Crippen molar-refractivity contribution in [2.24, 2.45) is 5.92 Å². The van der Waals surface area contributed by atoms with Crippen LogP contribution in [0, 0.1) is 5.92 Å². The van der Waals surface area contributed by atoms with Crippen molar-refractivity contribution in [2.75, 3.05) is 6.61 Å². The van der Waals surface area contributed by atoms with Crippen molar-refractivity contribution in [3.63, 3.8) is 0 Å². The molecule has 0 aliphatic carbocycles. The molecule has 1 aliphatic heterocycles. The summed E-state index contributed by atoms with van der Waals surface area (Å²) in [5.41, 5.74) is -0.754. The first-order chi connectivity index (χ1) is 9.62. The zero-order valence-corrected chi connectivity index (χ0v) is 12.9. The topological polar surface area (TPSA) is 93.1 Å². The van der Waals surface area contributed by atoms with Gasteiger partial charge in [-0.25, -0.2) is 4.79 Å². The monoisotopic (exact) mass is 301 g/mol. The zero-order chi connectivity index (χ0) is 16.2. The standard InChI is InChI=1S/C14H23NO6/c1-9(2)5-6-20-14(3,4)8-12(18)21-15-11(17)7-10(16)13(15)19/h9-10,16H,5-8H2,1-4H3. The van der Waals surface area contributed by atoms with Crippen LogP contribution in [0.5, 0.6) is 0 Å². The van der Waals surface area contributed by atoms with E-state index in [4.69, 9.17) is 9.57 Å². The number of hydrogen-bond acceptors (Lipinski definition) is 6. The normalized spacial score (nSPS) is 19.5. The van der Waals surface area contributed by atoms with Gasteiger partial charge in [-0.3, -0.25) is 9.59 Å².